The molecule has 0 aliphatic rings. The Labute approximate surface area is 327 Å². The van der Waals surface area contributed by atoms with E-state index >= 15 is 0 Å². The molecule has 0 heterocycles. The number of amides is 6. The summed E-state index contributed by atoms with van der Waals surface area (Å²) in [5.41, 5.74) is 6.77. The molecule has 2 aromatic carbocycles. The maximum Gasteiger partial charge on any atom is 0.326 e. The first-order valence-corrected chi connectivity index (χ1v) is 17.8. The smallest absolute Gasteiger partial charge is 0.326 e. The Morgan fingerprint density at radius 1 is 0.614 bits per heavy atom. The lowest BCUT2D eigenvalue weighted by Crippen LogP contribution is -2.59. The molecule has 6 atom stereocenters. The van der Waals surface area contributed by atoms with Crippen molar-refractivity contribution < 1.29 is 63.6 Å². The third-order valence-electron chi connectivity index (χ3n) is 8.36. The molecule has 2 rings (SSSR count). The first-order chi connectivity index (χ1) is 26.8. The van der Waals surface area contributed by atoms with Crippen molar-refractivity contribution in [2.75, 3.05) is 6.54 Å². The maximum atomic E-state index is 13.7. The number of aromatic hydroxyl groups is 1. The molecule has 6 amide bonds. The molecule has 0 bridgehead atoms. The molecule has 57 heavy (non-hydrogen) atoms. The van der Waals surface area contributed by atoms with Crippen LogP contribution in [0.5, 0.6) is 5.75 Å². The van der Waals surface area contributed by atoms with E-state index in [1.165, 1.54) is 31.2 Å². The molecule has 0 saturated carbocycles. The number of carbonyl (C=O) groups excluding carboxylic acids is 6. The molecule has 0 fully saturated rings. The minimum Gasteiger partial charge on any atom is -0.508 e. The predicted molar refractivity (Wildman–Crippen MR) is 200 cm³/mol. The van der Waals surface area contributed by atoms with Crippen molar-refractivity contribution in [2.45, 2.75) is 89.1 Å². The SMILES string of the molecule is CC(C)[C@H](NC(=O)[C@H](Cc1ccc(O)cc1)NC(=O)CNC(=O)[C@H](Cc1ccccc1)NC(=O)[C@@H](N)CC(=O)O)C(=O)N[C@@H](C)C(=O)N[C@@H](CCC(=O)O)C(=O)O. The van der Waals surface area contributed by atoms with Crippen LogP contribution >= 0.6 is 0 Å². The summed E-state index contributed by atoms with van der Waals surface area (Å²) in [4.78, 5) is 112. The number of hydrogen-bond acceptors (Lipinski definition) is 11. The Hall–Kier alpha value is -6.57. The number of nitrogens with two attached hydrogens (primary N) is 1. The predicted octanol–water partition coefficient (Wildman–Crippen LogP) is -1.86. The number of carboxylic acids is 3. The van der Waals surface area contributed by atoms with Crippen molar-refractivity contribution >= 4 is 53.4 Å². The van der Waals surface area contributed by atoms with E-state index in [4.69, 9.17) is 15.9 Å². The highest BCUT2D eigenvalue weighted by atomic mass is 16.4. The quantitative estimate of drug-likeness (QED) is 0.0588. The van der Waals surface area contributed by atoms with Crippen LogP contribution in [0.25, 0.3) is 0 Å². The molecule has 20 nitrogen and oxygen atoms in total. The van der Waals surface area contributed by atoms with Crippen LogP contribution in [0.1, 0.15) is 51.2 Å². The molecular weight excluding hydrogens is 750 g/mol. The van der Waals surface area contributed by atoms with Crippen LogP contribution in [-0.4, -0.2) is 117 Å². The summed E-state index contributed by atoms with van der Waals surface area (Å²) in [7, 11) is 0. The summed E-state index contributed by atoms with van der Waals surface area (Å²) in [6.07, 6.45) is -1.84. The minimum atomic E-state index is -1.54. The van der Waals surface area contributed by atoms with Gasteiger partial charge in [0.15, 0.2) is 0 Å². The zero-order valence-corrected chi connectivity index (χ0v) is 31.5. The van der Waals surface area contributed by atoms with Crippen LogP contribution in [0.15, 0.2) is 54.6 Å². The van der Waals surface area contributed by atoms with E-state index in [1.54, 1.807) is 44.2 Å². The van der Waals surface area contributed by atoms with Gasteiger partial charge in [0.2, 0.25) is 35.4 Å². The molecule has 0 aliphatic carbocycles. The zero-order valence-electron chi connectivity index (χ0n) is 31.5. The minimum absolute atomic E-state index is 0.0461. The second-order valence-corrected chi connectivity index (χ2v) is 13.5. The molecular formula is C37H49N7O13. The summed E-state index contributed by atoms with van der Waals surface area (Å²) in [6, 6.07) is 5.92. The van der Waals surface area contributed by atoms with Gasteiger partial charge in [-0.3, -0.25) is 38.4 Å². The molecule has 0 saturated heterocycles. The highest BCUT2D eigenvalue weighted by Gasteiger charge is 2.32. The van der Waals surface area contributed by atoms with Gasteiger partial charge < -0.3 is 58.1 Å². The average molecular weight is 800 g/mol. The van der Waals surface area contributed by atoms with Crippen molar-refractivity contribution in [1.29, 1.82) is 0 Å². The summed E-state index contributed by atoms with van der Waals surface area (Å²) in [5.74, 6) is -9.95. The fourth-order valence-electron chi connectivity index (χ4n) is 5.21. The monoisotopic (exact) mass is 799 g/mol. The number of aliphatic carboxylic acids is 3. The van der Waals surface area contributed by atoms with Gasteiger partial charge in [0.05, 0.1) is 19.0 Å². The van der Waals surface area contributed by atoms with Gasteiger partial charge in [0.25, 0.3) is 0 Å². The van der Waals surface area contributed by atoms with Gasteiger partial charge in [-0.1, -0.05) is 56.3 Å². The van der Waals surface area contributed by atoms with Crippen LogP contribution < -0.4 is 37.6 Å². The maximum absolute atomic E-state index is 13.7. The topological polar surface area (TPSA) is 333 Å². The highest BCUT2D eigenvalue weighted by Crippen LogP contribution is 2.13. The Morgan fingerprint density at radius 2 is 1.18 bits per heavy atom. The summed E-state index contributed by atoms with van der Waals surface area (Å²) >= 11 is 0. The number of carbonyl (C=O) groups is 9. The lowest BCUT2D eigenvalue weighted by molar-refractivity contribution is -0.143. The normalized spacial score (nSPS) is 14.0. The van der Waals surface area contributed by atoms with E-state index in [0.717, 1.165) is 0 Å². The van der Waals surface area contributed by atoms with Gasteiger partial charge in [-0.25, -0.2) is 4.79 Å². The third kappa shape index (κ3) is 16.8. The number of nitrogens with one attached hydrogen (secondary N) is 6. The molecule has 2 aromatic rings. The van der Waals surface area contributed by atoms with E-state index in [0.29, 0.717) is 11.1 Å². The highest BCUT2D eigenvalue weighted by molar-refractivity contribution is 5.96. The number of rotatable bonds is 23. The zero-order chi connectivity index (χ0) is 42.8. The molecule has 0 radical (unpaired) electrons. The molecule has 12 N–H and O–H groups in total. The summed E-state index contributed by atoms with van der Waals surface area (Å²) in [6.45, 7) is 3.74. The van der Waals surface area contributed by atoms with Crippen LogP contribution in [0.3, 0.4) is 0 Å². The molecule has 0 aromatic heterocycles. The van der Waals surface area contributed by atoms with Crippen LogP contribution in [-0.2, 0) is 56.0 Å². The number of benzene rings is 2. The first kappa shape index (κ1) is 46.6. The van der Waals surface area contributed by atoms with Gasteiger partial charge >= 0.3 is 17.9 Å². The van der Waals surface area contributed by atoms with Gasteiger partial charge in [0.1, 0.15) is 36.0 Å². The number of hydrogen-bond donors (Lipinski definition) is 11. The van der Waals surface area contributed by atoms with E-state index in [1.807, 2.05) is 0 Å². The Kier molecular flexibility index (Phi) is 18.6. The summed E-state index contributed by atoms with van der Waals surface area (Å²) in [5, 5.41) is 51.4. The van der Waals surface area contributed by atoms with Crippen LogP contribution in [0.2, 0.25) is 0 Å². The average Bonchev–Trinajstić information content (AvgIpc) is 3.14. The van der Waals surface area contributed by atoms with Gasteiger partial charge in [0, 0.05) is 19.3 Å². The van der Waals surface area contributed by atoms with Gasteiger partial charge in [-0.05, 0) is 42.5 Å². The Bertz CT molecular complexity index is 1760. The fraction of sp³-hybridized carbons (Fsp3) is 0.432. The van der Waals surface area contributed by atoms with E-state index < -0.39 is 121 Å². The largest absolute Gasteiger partial charge is 0.508 e. The molecule has 0 unspecified atom stereocenters. The number of phenols is 1. The lowest BCUT2D eigenvalue weighted by Gasteiger charge is -2.27. The van der Waals surface area contributed by atoms with E-state index in [2.05, 4.69) is 31.9 Å². The van der Waals surface area contributed by atoms with Crippen molar-refractivity contribution in [3.63, 3.8) is 0 Å². The van der Waals surface area contributed by atoms with Crippen molar-refractivity contribution in [1.82, 2.24) is 31.9 Å². The molecule has 0 spiro atoms. The van der Waals surface area contributed by atoms with Crippen LogP contribution in [0, 0.1) is 5.92 Å². The Morgan fingerprint density at radius 3 is 1.72 bits per heavy atom. The van der Waals surface area contributed by atoms with Crippen LogP contribution in [0.4, 0.5) is 0 Å². The molecule has 0 aliphatic heterocycles. The van der Waals surface area contributed by atoms with Gasteiger partial charge in [-0.2, -0.15) is 0 Å². The van der Waals surface area contributed by atoms with Crippen molar-refractivity contribution in [3.8, 4) is 5.75 Å². The van der Waals surface area contributed by atoms with E-state index in [9.17, 15) is 53.4 Å². The van der Waals surface area contributed by atoms with Crippen molar-refractivity contribution in [2.24, 2.45) is 11.7 Å². The number of phenolic OH excluding ortho intramolecular Hbond substituents is 1. The molecule has 20 heteroatoms. The van der Waals surface area contributed by atoms with Gasteiger partial charge in [-0.15, -0.1) is 0 Å². The summed E-state index contributed by atoms with van der Waals surface area (Å²) < 4.78 is 0. The number of carboxylic acid groups (broad SMARTS) is 3. The first-order valence-electron chi connectivity index (χ1n) is 17.8. The Balaban J connectivity index is 2.20. The van der Waals surface area contributed by atoms with Crippen molar-refractivity contribution in [3.05, 3.63) is 65.7 Å². The second-order valence-electron chi connectivity index (χ2n) is 13.5. The second kappa shape index (κ2) is 22.7. The standard InChI is InChI=1S/C37H49N7O13/c1-19(2)31(36(55)40-20(3)32(51)42-25(37(56)57)13-14-29(47)48)44-35(54)27(16-22-9-11-23(45)12-10-22)41-28(46)18-39-34(53)26(15-21-7-5-4-6-8-21)43-33(52)24(38)17-30(49)50/h4-12,19-20,24-27,31,45H,13-18,38H2,1-3H3,(H,39,53)(H,40,55)(H,41,46)(H,42,51)(H,43,52)(H,44,54)(H,47,48)(H,49,50)(H,56,57)/t20-,24-,25-,26-,27-,31-/m0/s1. The fourth-order valence-corrected chi connectivity index (χ4v) is 5.21. The third-order valence-corrected chi connectivity index (χ3v) is 8.36. The lowest BCUT2D eigenvalue weighted by atomic mass is 10.0. The molecule has 310 valence electrons. The van der Waals surface area contributed by atoms with E-state index in [-0.39, 0.29) is 18.6 Å².